The van der Waals surface area contributed by atoms with E-state index in [1.54, 1.807) is 19.1 Å². The summed E-state index contributed by atoms with van der Waals surface area (Å²) in [5.74, 6) is 0.382. The number of ketones is 1. The number of aliphatic carboxylic acids is 1. The number of carbonyl (C=O) groups is 2. The third-order valence-corrected chi connectivity index (χ3v) is 3.32. The molecule has 0 unspecified atom stereocenters. The van der Waals surface area contributed by atoms with Crippen LogP contribution in [0.15, 0.2) is 40.5 Å². The molecule has 0 amide bonds. The van der Waals surface area contributed by atoms with Crippen LogP contribution in [-0.4, -0.2) is 17.9 Å². The molecule has 118 valence electrons. The van der Waals surface area contributed by atoms with Crippen molar-refractivity contribution in [3.63, 3.8) is 0 Å². The minimum absolute atomic E-state index is 0.138. The second-order valence-electron chi connectivity index (χ2n) is 5.13. The Hall–Kier alpha value is -3.02. The van der Waals surface area contributed by atoms with Crippen LogP contribution in [-0.2, 0) is 4.79 Å². The van der Waals surface area contributed by atoms with Gasteiger partial charge in [-0.05, 0) is 38.1 Å². The first kappa shape index (κ1) is 14.9. The zero-order valence-electron chi connectivity index (χ0n) is 12.5. The third kappa shape index (κ3) is 2.96. The molecule has 1 aliphatic heterocycles. The molecule has 23 heavy (non-hydrogen) atoms. The number of rotatable bonds is 4. The lowest BCUT2D eigenvalue weighted by atomic mass is 10.1. The lowest BCUT2D eigenvalue weighted by Crippen LogP contribution is -2.37. The second kappa shape index (κ2) is 5.64. The van der Waals surface area contributed by atoms with Gasteiger partial charge in [-0.2, -0.15) is 0 Å². The molecule has 0 saturated carbocycles. The van der Waals surface area contributed by atoms with Crippen LogP contribution in [0.3, 0.4) is 0 Å². The Morgan fingerprint density at radius 3 is 2.74 bits per heavy atom. The zero-order chi connectivity index (χ0) is 16.6. The summed E-state index contributed by atoms with van der Waals surface area (Å²) >= 11 is 0. The van der Waals surface area contributed by atoms with Crippen LogP contribution >= 0.6 is 0 Å². The maximum Gasteiger partial charge on any atom is 0.232 e. The minimum Gasteiger partial charge on any atom is -0.546 e. The van der Waals surface area contributed by atoms with Gasteiger partial charge >= 0.3 is 0 Å². The predicted molar refractivity (Wildman–Crippen MR) is 77.9 cm³/mol. The molecule has 1 aliphatic rings. The lowest BCUT2D eigenvalue weighted by molar-refractivity contribution is -0.312. The molecule has 0 spiro atoms. The summed E-state index contributed by atoms with van der Waals surface area (Å²) in [6, 6.07) is 8.04. The van der Waals surface area contributed by atoms with E-state index in [4.69, 9.17) is 13.9 Å². The number of allylic oxidation sites excluding steroid dienone is 1. The number of furan rings is 1. The molecule has 0 N–H and O–H groups in total. The molecule has 6 nitrogen and oxygen atoms in total. The summed E-state index contributed by atoms with van der Waals surface area (Å²) in [7, 11) is 0. The van der Waals surface area contributed by atoms with E-state index in [0.29, 0.717) is 17.1 Å². The van der Waals surface area contributed by atoms with Crippen LogP contribution in [0, 0.1) is 6.92 Å². The Morgan fingerprint density at radius 2 is 2.09 bits per heavy atom. The molecule has 0 radical (unpaired) electrons. The van der Waals surface area contributed by atoms with Crippen LogP contribution < -0.4 is 14.6 Å². The van der Waals surface area contributed by atoms with Crippen molar-refractivity contribution in [3.05, 3.63) is 53.2 Å². The molecule has 0 saturated heterocycles. The van der Waals surface area contributed by atoms with Crippen LogP contribution in [0.1, 0.15) is 28.8 Å². The second-order valence-corrected chi connectivity index (χ2v) is 5.13. The van der Waals surface area contributed by atoms with Gasteiger partial charge in [0.25, 0.3) is 0 Å². The van der Waals surface area contributed by atoms with Gasteiger partial charge in [0.05, 0.1) is 11.5 Å². The van der Waals surface area contributed by atoms with Crippen molar-refractivity contribution >= 4 is 17.8 Å². The average Bonchev–Trinajstić information content (AvgIpc) is 3.03. The molecule has 3 rings (SSSR count). The van der Waals surface area contributed by atoms with Gasteiger partial charge in [-0.15, -0.1) is 0 Å². The Kier molecular flexibility index (Phi) is 3.65. The SMILES string of the molecule is Cc1ccc(/C=C2\Oc3cc(O[C@@H](C)C(=O)[O-])ccc3C2=O)o1. The van der Waals surface area contributed by atoms with Crippen molar-refractivity contribution in [1.82, 2.24) is 0 Å². The minimum atomic E-state index is -1.32. The van der Waals surface area contributed by atoms with Gasteiger partial charge in [-0.3, -0.25) is 4.79 Å². The van der Waals surface area contributed by atoms with Crippen molar-refractivity contribution < 1.29 is 28.6 Å². The van der Waals surface area contributed by atoms with Gasteiger partial charge in [-0.25, -0.2) is 0 Å². The summed E-state index contributed by atoms with van der Waals surface area (Å²) in [6.07, 6.45) is 0.408. The van der Waals surface area contributed by atoms with E-state index in [1.807, 2.05) is 0 Å². The van der Waals surface area contributed by atoms with Crippen LogP contribution in [0.2, 0.25) is 0 Å². The summed E-state index contributed by atoms with van der Waals surface area (Å²) in [5, 5.41) is 10.7. The number of hydrogen-bond donors (Lipinski definition) is 0. The molecule has 2 aromatic rings. The van der Waals surface area contributed by atoms with Crippen molar-refractivity contribution in [2.24, 2.45) is 0 Å². The highest BCUT2D eigenvalue weighted by Crippen LogP contribution is 2.35. The molecular formula is C17H13O6-. The third-order valence-electron chi connectivity index (χ3n) is 3.32. The van der Waals surface area contributed by atoms with E-state index >= 15 is 0 Å². The van der Waals surface area contributed by atoms with Gasteiger partial charge in [-0.1, -0.05) is 0 Å². The molecule has 0 aliphatic carbocycles. The molecular weight excluding hydrogens is 300 g/mol. The van der Waals surface area contributed by atoms with Crippen molar-refractivity contribution in [3.8, 4) is 11.5 Å². The number of hydrogen-bond acceptors (Lipinski definition) is 6. The van der Waals surface area contributed by atoms with Crippen molar-refractivity contribution in [1.29, 1.82) is 0 Å². The molecule has 1 aromatic carbocycles. The van der Waals surface area contributed by atoms with Gasteiger partial charge in [0.2, 0.25) is 5.78 Å². The van der Waals surface area contributed by atoms with Crippen LogP contribution in [0.5, 0.6) is 11.5 Å². The number of carbonyl (C=O) groups excluding carboxylic acids is 2. The number of ether oxygens (including phenoxy) is 2. The topological polar surface area (TPSA) is 88.8 Å². The van der Waals surface area contributed by atoms with E-state index in [0.717, 1.165) is 5.76 Å². The van der Waals surface area contributed by atoms with Gasteiger partial charge < -0.3 is 23.8 Å². The fraction of sp³-hybridized carbons (Fsp3) is 0.176. The van der Waals surface area contributed by atoms with Gasteiger partial charge in [0.15, 0.2) is 5.76 Å². The molecule has 0 fully saturated rings. The first-order valence-electron chi connectivity index (χ1n) is 6.96. The molecule has 6 heteroatoms. The van der Waals surface area contributed by atoms with Gasteiger partial charge in [0, 0.05) is 12.1 Å². The fourth-order valence-corrected chi connectivity index (χ4v) is 2.15. The monoisotopic (exact) mass is 313 g/mol. The number of fused-ring (bicyclic) bond motifs is 1. The number of aryl methyl sites for hydroxylation is 1. The first-order chi connectivity index (χ1) is 10.9. The molecule has 1 atom stereocenters. The molecule has 0 bridgehead atoms. The first-order valence-corrected chi connectivity index (χ1v) is 6.96. The fourth-order valence-electron chi connectivity index (χ4n) is 2.15. The predicted octanol–water partition coefficient (Wildman–Crippen LogP) is 1.72. The van der Waals surface area contributed by atoms with E-state index < -0.39 is 12.1 Å². The molecule has 1 aromatic heterocycles. The lowest BCUT2D eigenvalue weighted by Gasteiger charge is -2.15. The highest BCUT2D eigenvalue weighted by Gasteiger charge is 2.28. The van der Waals surface area contributed by atoms with Crippen molar-refractivity contribution in [2.75, 3.05) is 0 Å². The normalized spacial score (nSPS) is 16.1. The molecule has 2 heterocycles. The number of benzene rings is 1. The van der Waals surface area contributed by atoms with E-state index in [-0.39, 0.29) is 17.3 Å². The Labute approximate surface area is 131 Å². The number of carboxylic acids is 1. The van der Waals surface area contributed by atoms with E-state index in [2.05, 4.69) is 0 Å². The average molecular weight is 313 g/mol. The Balaban J connectivity index is 1.85. The Bertz CT molecular complexity index is 814. The summed E-state index contributed by atoms with van der Waals surface area (Å²) in [4.78, 5) is 23.0. The van der Waals surface area contributed by atoms with Gasteiger partial charge in [0.1, 0.15) is 29.1 Å². The van der Waals surface area contributed by atoms with E-state index in [1.165, 1.54) is 31.2 Å². The number of Topliss-reactive ketones (excluding diaryl/α,β-unsaturated/α-hetero) is 1. The van der Waals surface area contributed by atoms with Crippen LogP contribution in [0.25, 0.3) is 6.08 Å². The largest absolute Gasteiger partial charge is 0.546 e. The Morgan fingerprint density at radius 1 is 1.30 bits per heavy atom. The number of carboxylic acid groups (broad SMARTS) is 1. The highest BCUT2D eigenvalue weighted by atomic mass is 16.5. The maximum atomic E-state index is 12.3. The van der Waals surface area contributed by atoms with Crippen molar-refractivity contribution in [2.45, 2.75) is 20.0 Å². The maximum absolute atomic E-state index is 12.3. The highest BCUT2D eigenvalue weighted by molar-refractivity contribution is 6.14. The summed E-state index contributed by atoms with van der Waals surface area (Å²) in [6.45, 7) is 3.16. The standard InChI is InChI=1S/C17H14O6/c1-9-3-4-11(21-9)8-15-16(18)13-6-5-12(7-14(13)23-15)22-10(2)17(19)20/h3-8,10H,1-2H3,(H,19,20)/p-1/b15-8-/t10-/m0/s1. The zero-order valence-corrected chi connectivity index (χ0v) is 12.5. The summed E-state index contributed by atoms with van der Waals surface area (Å²) in [5.41, 5.74) is 0.382. The summed E-state index contributed by atoms with van der Waals surface area (Å²) < 4.78 is 16.1. The quantitative estimate of drug-likeness (QED) is 0.799. The van der Waals surface area contributed by atoms with Crippen LogP contribution in [0.4, 0.5) is 0 Å². The van der Waals surface area contributed by atoms with E-state index in [9.17, 15) is 14.7 Å². The smallest absolute Gasteiger partial charge is 0.232 e.